The number of aliphatic imine (C=N–C) groups is 1. The average Bonchev–Trinajstić information content (AvgIpc) is 2.70. The molecule has 26 heavy (non-hydrogen) atoms. The Morgan fingerprint density at radius 1 is 1.12 bits per heavy atom. The Labute approximate surface area is 154 Å². The molecule has 0 aromatic heterocycles. The molecule has 0 heterocycles. The van der Waals surface area contributed by atoms with Crippen molar-refractivity contribution >= 4 is 5.96 Å². The second-order valence-electron chi connectivity index (χ2n) is 5.54. The van der Waals surface area contributed by atoms with E-state index in [4.69, 9.17) is 14.7 Å². The first-order valence-electron chi connectivity index (χ1n) is 8.42. The second-order valence-corrected chi connectivity index (χ2v) is 5.54. The van der Waals surface area contributed by atoms with Gasteiger partial charge in [0.2, 0.25) is 0 Å². The van der Waals surface area contributed by atoms with E-state index in [1.54, 1.807) is 20.3 Å². The summed E-state index contributed by atoms with van der Waals surface area (Å²) in [6.07, 6.45) is 0. The lowest BCUT2D eigenvalue weighted by Crippen LogP contribution is -2.36. The first-order chi connectivity index (χ1) is 12.7. The van der Waals surface area contributed by atoms with Crippen LogP contribution < -0.4 is 20.1 Å². The van der Waals surface area contributed by atoms with Crippen molar-refractivity contribution in [2.45, 2.75) is 20.0 Å². The minimum atomic E-state index is 0.491. The fourth-order valence-electron chi connectivity index (χ4n) is 2.43. The number of ether oxygens (including phenoxy) is 2. The third-order valence-electron chi connectivity index (χ3n) is 3.76. The molecule has 0 saturated carbocycles. The molecule has 0 atom stereocenters. The van der Waals surface area contributed by atoms with E-state index in [2.05, 4.69) is 21.7 Å². The molecule has 2 N–H and O–H groups in total. The van der Waals surface area contributed by atoms with E-state index in [-0.39, 0.29) is 0 Å². The van der Waals surface area contributed by atoms with Crippen LogP contribution in [0.1, 0.15) is 23.6 Å². The summed E-state index contributed by atoms with van der Waals surface area (Å²) >= 11 is 0. The highest BCUT2D eigenvalue weighted by molar-refractivity contribution is 5.79. The Kier molecular flexibility index (Phi) is 7.31. The summed E-state index contributed by atoms with van der Waals surface area (Å²) in [4.78, 5) is 4.58. The monoisotopic (exact) mass is 352 g/mol. The number of rotatable bonds is 7. The summed E-state index contributed by atoms with van der Waals surface area (Å²) in [6.45, 7) is 3.83. The van der Waals surface area contributed by atoms with Gasteiger partial charge in [-0.05, 0) is 36.8 Å². The Hall–Kier alpha value is -3.20. The predicted molar refractivity (Wildman–Crippen MR) is 102 cm³/mol. The zero-order valence-corrected chi connectivity index (χ0v) is 15.4. The summed E-state index contributed by atoms with van der Waals surface area (Å²) in [5.41, 5.74) is 2.63. The lowest BCUT2D eigenvalue weighted by atomic mass is 10.1. The second kappa shape index (κ2) is 9.94. The van der Waals surface area contributed by atoms with E-state index in [9.17, 15) is 0 Å². The Morgan fingerprint density at radius 3 is 2.65 bits per heavy atom. The van der Waals surface area contributed by atoms with Gasteiger partial charge < -0.3 is 20.1 Å². The van der Waals surface area contributed by atoms with E-state index in [0.29, 0.717) is 24.6 Å². The number of nitrogens with zero attached hydrogens (tertiary/aromatic N) is 2. The van der Waals surface area contributed by atoms with Crippen LogP contribution in [0.5, 0.6) is 11.5 Å². The first-order valence-corrected chi connectivity index (χ1v) is 8.42. The number of methoxy groups -OCH3 is 2. The summed E-state index contributed by atoms with van der Waals surface area (Å²) in [5, 5.41) is 15.5. The van der Waals surface area contributed by atoms with Gasteiger partial charge in [0.05, 0.1) is 32.4 Å². The highest BCUT2D eigenvalue weighted by Crippen LogP contribution is 2.24. The normalized spacial score (nSPS) is 10.8. The summed E-state index contributed by atoms with van der Waals surface area (Å²) in [6, 6.07) is 15.3. The Bertz CT molecular complexity index is 797. The highest BCUT2D eigenvalue weighted by Gasteiger charge is 2.06. The Morgan fingerprint density at radius 2 is 1.96 bits per heavy atom. The van der Waals surface area contributed by atoms with Crippen molar-refractivity contribution in [1.29, 1.82) is 5.26 Å². The highest BCUT2D eigenvalue weighted by atomic mass is 16.5. The summed E-state index contributed by atoms with van der Waals surface area (Å²) in [5.74, 6) is 2.21. The van der Waals surface area contributed by atoms with Crippen molar-refractivity contribution in [1.82, 2.24) is 10.6 Å². The van der Waals surface area contributed by atoms with Crippen molar-refractivity contribution < 1.29 is 9.47 Å². The minimum absolute atomic E-state index is 0.491. The zero-order valence-electron chi connectivity index (χ0n) is 15.4. The lowest BCUT2D eigenvalue weighted by molar-refractivity contribution is 0.390. The van der Waals surface area contributed by atoms with Crippen LogP contribution in [0.2, 0.25) is 0 Å². The molecule has 0 aliphatic heterocycles. The number of nitriles is 1. The molecule has 0 unspecified atom stereocenters. The molecule has 2 rings (SSSR count). The van der Waals surface area contributed by atoms with E-state index < -0.39 is 0 Å². The molecule has 0 saturated heterocycles. The van der Waals surface area contributed by atoms with Crippen molar-refractivity contribution in [3.63, 3.8) is 0 Å². The standard InChI is InChI=1S/C20H24N4O2/c1-4-22-20(23-13-16-7-5-6-15(10-16)12-21)24-14-17-8-9-18(25-2)11-19(17)26-3/h5-11H,4,13-14H2,1-3H3,(H2,22,23,24). The largest absolute Gasteiger partial charge is 0.497 e. The van der Waals surface area contributed by atoms with E-state index in [0.717, 1.165) is 29.2 Å². The maximum absolute atomic E-state index is 8.99. The van der Waals surface area contributed by atoms with E-state index in [1.165, 1.54) is 0 Å². The molecule has 136 valence electrons. The van der Waals surface area contributed by atoms with Gasteiger partial charge in [0.15, 0.2) is 5.96 Å². The van der Waals surface area contributed by atoms with Crippen molar-refractivity contribution in [2.75, 3.05) is 20.8 Å². The molecule has 6 heteroatoms. The fourth-order valence-corrected chi connectivity index (χ4v) is 2.43. The summed E-state index contributed by atoms with van der Waals surface area (Å²) < 4.78 is 10.6. The SMILES string of the molecule is CCNC(=NCc1cccc(C#N)c1)NCc1ccc(OC)cc1OC. The van der Waals surface area contributed by atoms with Crippen LogP contribution in [0, 0.1) is 11.3 Å². The van der Waals surface area contributed by atoms with Crippen LogP contribution in [-0.4, -0.2) is 26.7 Å². The van der Waals surface area contributed by atoms with Gasteiger partial charge in [0, 0.05) is 24.7 Å². The molecule has 2 aromatic carbocycles. The molecule has 0 radical (unpaired) electrons. The first kappa shape index (κ1) is 19.1. The third-order valence-corrected chi connectivity index (χ3v) is 3.76. The number of guanidine groups is 1. The van der Waals surface area contributed by atoms with Gasteiger partial charge in [-0.25, -0.2) is 4.99 Å². The number of hydrogen-bond donors (Lipinski definition) is 2. The number of benzene rings is 2. The van der Waals surface area contributed by atoms with Gasteiger partial charge in [-0.3, -0.25) is 0 Å². The molecule has 6 nitrogen and oxygen atoms in total. The lowest BCUT2D eigenvalue weighted by Gasteiger charge is -2.14. The van der Waals surface area contributed by atoms with Crippen molar-refractivity contribution in [2.24, 2.45) is 4.99 Å². The Balaban J connectivity index is 2.07. The smallest absolute Gasteiger partial charge is 0.191 e. The zero-order chi connectivity index (χ0) is 18.8. The predicted octanol–water partition coefficient (Wildman–Crippen LogP) is 2.83. The minimum Gasteiger partial charge on any atom is -0.497 e. The van der Waals surface area contributed by atoms with Crippen LogP contribution >= 0.6 is 0 Å². The molecule has 0 spiro atoms. The van der Waals surface area contributed by atoms with Gasteiger partial charge in [0.1, 0.15) is 11.5 Å². The van der Waals surface area contributed by atoms with E-state index in [1.807, 2.05) is 43.3 Å². The molecule has 0 aliphatic rings. The van der Waals surface area contributed by atoms with Gasteiger partial charge >= 0.3 is 0 Å². The van der Waals surface area contributed by atoms with Crippen LogP contribution in [0.15, 0.2) is 47.5 Å². The molecule has 0 aliphatic carbocycles. The maximum atomic E-state index is 8.99. The molecule has 0 bridgehead atoms. The number of nitrogens with one attached hydrogen (secondary N) is 2. The quantitative estimate of drug-likeness (QED) is 0.592. The molecule has 0 fully saturated rings. The van der Waals surface area contributed by atoms with Gasteiger partial charge in [-0.2, -0.15) is 5.26 Å². The van der Waals surface area contributed by atoms with Crippen molar-refractivity contribution in [3.8, 4) is 17.6 Å². The topological polar surface area (TPSA) is 78.7 Å². The molecular formula is C20H24N4O2. The van der Waals surface area contributed by atoms with Gasteiger partial charge in [0.25, 0.3) is 0 Å². The van der Waals surface area contributed by atoms with Crippen LogP contribution in [0.25, 0.3) is 0 Å². The maximum Gasteiger partial charge on any atom is 0.191 e. The molecule has 0 amide bonds. The summed E-state index contributed by atoms with van der Waals surface area (Å²) in [7, 11) is 3.27. The fraction of sp³-hybridized carbons (Fsp3) is 0.300. The average molecular weight is 352 g/mol. The third kappa shape index (κ3) is 5.42. The van der Waals surface area contributed by atoms with Crippen molar-refractivity contribution in [3.05, 3.63) is 59.2 Å². The van der Waals surface area contributed by atoms with Gasteiger partial charge in [-0.15, -0.1) is 0 Å². The number of hydrogen-bond acceptors (Lipinski definition) is 4. The molecular weight excluding hydrogens is 328 g/mol. The van der Waals surface area contributed by atoms with Crippen LogP contribution in [0.3, 0.4) is 0 Å². The van der Waals surface area contributed by atoms with E-state index >= 15 is 0 Å². The van der Waals surface area contributed by atoms with Gasteiger partial charge in [-0.1, -0.05) is 12.1 Å². The van der Waals surface area contributed by atoms with Crippen LogP contribution in [0.4, 0.5) is 0 Å². The molecule has 2 aromatic rings. The van der Waals surface area contributed by atoms with Crippen LogP contribution in [-0.2, 0) is 13.1 Å².